The Kier molecular flexibility index (Phi) is 2.93. The van der Waals surface area contributed by atoms with Crippen molar-refractivity contribution in [2.45, 2.75) is 6.92 Å². The zero-order chi connectivity index (χ0) is 12.6. The van der Waals surface area contributed by atoms with Crippen LogP contribution in [0.4, 0.5) is 8.78 Å². The van der Waals surface area contributed by atoms with E-state index in [1.807, 2.05) is 0 Å². The second-order valence-electron chi connectivity index (χ2n) is 3.36. The van der Waals surface area contributed by atoms with E-state index in [9.17, 15) is 13.6 Å². The molecule has 17 heavy (non-hydrogen) atoms. The fourth-order valence-corrected chi connectivity index (χ4v) is 1.67. The first-order chi connectivity index (χ1) is 8.00. The van der Waals surface area contributed by atoms with Crippen LogP contribution in [0, 0.1) is 18.6 Å². The van der Waals surface area contributed by atoms with Gasteiger partial charge in [-0.05, 0) is 36.7 Å². The normalized spacial score (nSPS) is 10.6. The smallest absolute Gasteiger partial charge is 0.258 e. The average Bonchev–Trinajstić information content (AvgIpc) is 2.64. The van der Waals surface area contributed by atoms with Gasteiger partial charge in [-0.1, -0.05) is 5.16 Å². The van der Waals surface area contributed by atoms with Gasteiger partial charge in [0.15, 0.2) is 11.6 Å². The SMILES string of the molecule is Cc1onc(-c2ccc(F)c(F)c2)c1C(=O)Cl. The van der Waals surface area contributed by atoms with E-state index < -0.39 is 16.9 Å². The van der Waals surface area contributed by atoms with Crippen molar-refractivity contribution >= 4 is 16.8 Å². The molecule has 3 nitrogen and oxygen atoms in total. The Balaban J connectivity index is 2.60. The van der Waals surface area contributed by atoms with E-state index in [2.05, 4.69) is 5.16 Å². The molecule has 0 saturated carbocycles. The van der Waals surface area contributed by atoms with Crippen LogP contribution in [0.5, 0.6) is 0 Å². The lowest BCUT2D eigenvalue weighted by Crippen LogP contribution is -1.94. The van der Waals surface area contributed by atoms with Crippen LogP contribution < -0.4 is 0 Å². The van der Waals surface area contributed by atoms with Crippen molar-refractivity contribution < 1.29 is 18.1 Å². The fourth-order valence-electron chi connectivity index (χ4n) is 1.44. The average molecular weight is 258 g/mol. The van der Waals surface area contributed by atoms with Gasteiger partial charge in [0.25, 0.3) is 5.24 Å². The molecule has 0 saturated heterocycles. The number of carbonyl (C=O) groups excluding carboxylic acids is 1. The van der Waals surface area contributed by atoms with Gasteiger partial charge in [-0.15, -0.1) is 0 Å². The first-order valence-corrected chi connectivity index (χ1v) is 5.00. The molecular formula is C11H6ClF2NO2. The molecule has 1 aromatic carbocycles. The highest BCUT2D eigenvalue weighted by Crippen LogP contribution is 2.27. The summed E-state index contributed by atoms with van der Waals surface area (Å²) in [5.74, 6) is -1.78. The van der Waals surface area contributed by atoms with Crippen LogP contribution in [0.2, 0.25) is 0 Å². The predicted octanol–water partition coefficient (Wildman–Crippen LogP) is 3.31. The minimum Gasteiger partial charge on any atom is -0.360 e. The summed E-state index contributed by atoms with van der Waals surface area (Å²) in [4.78, 5) is 11.2. The van der Waals surface area contributed by atoms with Crippen molar-refractivity contribution in [2.24, 2.45) is 0 Å². The molecule has 0 aliphatic carbocycles. The highest BCUT2D eigenvalue weighted by Gasteiger charge is 2.20. The predicted molar refractivity (Wildman–Crippen MR) is 56.8 cm³/mol. The monoisotopic (exact) mass is 257 g/mol. The van der Waals surface area contributed by atoms with Gasteiger partial charge in [-0.25, -0.2) is 8.78 Å². The largest absolute Gasteiger partial charge is 0.360 e. The van der Waals surface area contributed by atoms with Gasteiger partial charge in [0.05, 0.1) is 0 Å². The Hall–Kier alpha value is -1.75. The summed E-state index contributed by atoms with van der Waals surface area (Å²) in [7, 11) is 0. The Bertz CT molecular complexity index is 595. The molecule has 0 amide bonds. The van der Waals surface area contributed by atoms with E-state index in [4.69, 9.17) is 16.1 Å². The van der Waals surface area contributed by atoms with E-state index in [1.54, 1.807) is 0 Å². The maximum absolute atomic E-state index is 13.1. The molecule has 6 heteroatoms. The lowest BCUT2D eigenvalue weighted by molar-refractivity contribution is 0.108. The molecule has 0 N–H and O–H groups in total. The molecule has 0 aliphatic heterocycles. The van der Waals surface area contributed by atoms with Crippen LogP contribution >= 0.6 is 11.6 Å². The van der Waals surface area contributed by atoms with E-state index in [-0.39, 0.29) is 22.6 Å². The topological polar surface area (TPSA) is 43.1 Å². The Morgan fingerprint density at radius 1 is 1.35 bits per heavy atom. The van der Waals surface area contributed by atoms with Crippen molar-refractivity contribution in [1.29, 1.82) is 0 Å². The molecule has 0 spiro atoms. The van der Waals surface area contributed by atoms with Crippen molar-refractivity contribution in [3.05, 3.63) is 41.2 Å². The number of rotatable bonds is 2. The van der Waals surface area contributed by atoms with Crippen LogP contribution in [0.15, 0.2) is 22.7 Å². The van der Waals surface area contributed by atoms with Crippen LogP contribution in [-0.4, -0.2) is 10.4 Å². The third-order valence-corrected chi connectivity index (χ3v) is 2.44. The third kappa shape index (κ3) is 2.06. The molecule has 0 fully saturated rings. The zero-order valence-corrected chi connectivity index (χ0v) is 9.39. The van der Waals surface area contributed by atoms with Crippen molar-refractivity contribution in [3.8, 4) is 11.3 Å². The molecule has 0 aliphatic rings. The minimum absolute atomic E-state index is 0.0534. The van der Waals surface area contributed by atoms with Crippen LogP contribution in [0.3, 0.4) is 0 Å². The van der Waals surface area contributed by atoms with Gasteiger partial charge in [0.2, 0.25) is 0 Å². The molecule has 0 radical (unpaired) electrons. The molecule has 0 unspecified atom stereocenters. The summed E-state index contributed by atoms with van der Waals surface area (Å²) < 4.78 is 30.6. The van der Waals surface area contributed by atoms with Gasteiger partial charge in [0.1, 0.15) is 17.0 Å². The Morgan fingerprint density at radius 2 is 2.06 bits per heavy atom. The van der Waals surface area contributed by atoms with Crippen molar-refractivity contribution in [1.82, 2.24) is 5.16 Å². The first-order valence-electron chi connectivity index (χ1n) is 4.62. The molecule has 1 heterocycles. The second kappa shape index (κ2) is 4.25. The summed E-state index contributed by atoms with van der Waals surface area (Å²) in [6.07, 6.45) is 0. The van der Waals surface area contributed by atoms with Gasteiger partial charge >= 0.3 is 0 Å². The molecule has 0 atom stereocenters. The number of aromatic nitrogens is 1. The summed E-state index contributed by atoms with van der Waals surface area (Å²) in [6, 6.07) is 3.16. The number of halogens is 3. The molecule has 88 valence electrons. The summed E-state index contributed by atoms with van der Waals surface area (Å²) >= 11 is 5.37. The highest BCUT2D eigenvalue weighted by atomic mass is 35.5. The number of hydrogen-bond acceptors (Lipinski definition) is 3. The Labute approximate surface area is 100.0 Å². The molecule has 2 aromatic rings. The highest BCUT2D eigenvalue weighted by molar-refractivity contribution is 6.68. The third-order valence-electron chi connectivity index (χ3n) is 2.25. The van der Waals surface area contributed by atoms with Gasteiger partial charge in [-0.2, -0.15) is 0 Å². The van der Waals surface area contributed by atoms with E-state index in [0.29, 0.717) is 0 Å². The minimum atomic E-state index is -1.03. The van der Waals surface area contributed by atoms with Crippen LogP contribution in [0.25, 0.3) is 11.3 Å². The molecule has 0 bridgehead atoms. The second-order valence-corrected chi connectivity index (χ2v) is 3.71. The van der Waals surface area contributed by atoms with Gasteiger partial charge in [0, 0.05) is 5.56 Å². The lowest BCUT2D eigenvalue weighted by Gasteiger charge is -1.99. The van der Waals surface area contributed by atoms with Crippen molar-refractivity contribution in [2.75, 3.05) is 0 Å². The summed E-state index contributed by atoms with van der Waals surface area (Å²) in [5, 5.41) is 2.85. The number of hydrogen-bond donors (Lipinski definition) is 0. The number of carbonyl (C=O) groups is 1. The molecular weight excluding hydrogens is 252 g/mol. The molecule has 2 rings (SSSR count). The van der Waals surface area contributed by atoms with Crippen LogP contribution in [0.1, 0.15) is 16.1 Å². The first kappa shape index (κ1) is 11.7. The lowest BCUT2D eigenvalue weighted by atomic mass is 10.1. The van der Waals surface area contributed by atoms with E-state index in [0.717, 1.165) is 12.1 Å². The fraction of sp³-hybridized carbons (Fsp3) is 0.0909. The zero-order valence-electron chi connectivity index (χ0n) is 8.63. The van der Waals surface area contributed by atoms with Crippen molar-refractivity contribution in [3.63, 3.8) is 0 Å². The van der Waals surface area contributed by atoms with Gasteiger partial charge < -0.3 is 4.52 Å². The Morgan fingerprint density at radius 3 is 2.65 bits per heavy atom. The van der Waals surface area contributed by atoms with Crippen LogP contribution in [-0.2, 0) is 0 Å². The number of benzene rings is 1. The molecule has 1 aromatic heterocycles. The van der Waals surface area contributed by atoms with E-state index >= 15 is 0 Å². The summed E-state index contributed by atoms with van der Waals surface area (Å²) in [6.45, 7) is 1.51. The van der Waals surface area contributed by atoms with Gasteiger partial charge in [-0.3, -0.25) is 4.79 Å². The number of aryl methyl sites for hydroxylation is 1. The number of nitrogens with zero attached hydrogens (tertiary/aromatic N) is 1. The van der Waals surface area contributed by atoms with E-state index in [1.165, 1.54) is 13.0 Å². The maximum Gasteiger partial charge on any atom is 0.258 e. The summed E-state index contributed by atoms with van der Waals surface area (Å²) in [5.41, 5.74) is 0.379. The standard InChI is InChI=1S/C11H6ClF2NO2/c1-5-9(11(12)16)10(15-17-5)6-2-3-7(13)8(14)4-6/h2-4H,1H3. The quantitative estimate of drug-likeness (QED) is 0.775. The maximum atomic E-state index is 13.1.